The Labute approximate surface area is 105 Å². The van der Waals surface area contributed by atoms with E-state index in [-0.39, 0.29) is 0 Å². The summed E-state index contributed by atoms with van der Waals surface area (Å²) in [6.45, 7) is 6.84. The third-order valence-electron chi connectivity index (χ3n) is 3.50. The Hall–Kier alpha value is -0.860. The van der Waals surface area contributed by atoms with Crippen molar-refractivity contribution >= 4 is 0 Å². The molecule has 1 fully saturated rings. The minimum absolute atomic E-state index is 0.832. The fourth-order valence-corrected chi connectivity index (χ4v) is 2.71. The van der Waals surface area contributed by atoms with Crippen LogP contribution in [0.3, 0.4) is 0 Å². The molecule has 94 valence electrons. The number of nitrogens with zero attached hydrogens (tertiary/aromatic N) is 1. The van der Waals surface area contributed by atoms with Gasteiger partial charge in [-0.3, -0.25) is 0 Å². The van der Waals surface area contributed by atoms with Gasteiger partial charge in [0.15, 0.2) is 0 Å². The Morgan fingerprint density at radius 2 is 2.29 bits per heavy atom. The quantitative estimate of drug-likeness (QED) is 0.857. The molecule has 1 N–H and O–H groups in total. The van der Waals surface area contributed by atoms with Crippen molar-refractivity contribution in [1.29, 1.82) is 0 Å². The zero-order valence-corrected chi connectivity index (χ0v) is 11.1. The maximum atomic E-state index is 3.49. The fraction of sp³-hybridized carbons (Fsp3) is 0.600. The van der Waals surface area contributed by atoms with E-state index in [1.165, 1.54) is 43.6 Å². The van der Waals surface area contributed by atoms with Crippen molar-refractivity contribution in [2.45, 2.75) is 26.3 Å². The summed E-state index contributed by atoms with van der Waals surface area (Å²) in [4.78, 5) is 2.45. The van der Waals surface area contributed by atoms with Gasteiger partial charge in [-0.2, -0.15) is 0 Å². The number of piperidine rings is 1. The van der Waals surface area contributed by atoms with Gasteiger partial charge in [-0.05, 0) is 51.4 Å². The summed E-state index contributed by atoms with van der Waals surface area (Å²) in [6, 6.07) is 8.83. The highest BCUT2D eigenvalue weighted by Crippen LogP contribution is 2.13. The minimum Gasteiger partial charge on any atom is -0.316 e. The maximum Gasteiger partial charge on any atom is 0.0230 e. The molecule has 0 spiro atoms. The molecule has 0 bridgehead atoms. The second kappa shape index (κ2) is 6.18. The molecule has 0 unspecified atom stereocenters. The molecule has 1 aromatic carbocycles. The number of aryl methyl sites for hydroxylation is 1. The van der Waals surface area contributed by atoms with E-state index in [9.17, 15) is 0 Å². The van der Waals surface area contributed by atoms with Gasteiger partial charge in [0.25, 0.3) is 0 Å². The molecule has 0 aromatic heterocycles. The topological polar surface area (TPSA) is 15.3 Å². The summed E-state index contributed by atoms with van der Waals surface area (Å²) in [5.41, 5.74) is 2.78. The third kappa shape index (κ3) is 4.14. The summed E-state index contributed by atoms with van der Waals surface area (Å²) in [6.07, 6.45) is 2.72. The molecule has 1 atom stereocenters. The molecule has 0 saturated carbocycles. The molecule has 0 radical (unpaired) electrons. The van der Waals surface area contributed by atoms with Crippen LogP contribution in [0.25, 0.3) is 0 Å². The van der Waals surface area contributed by atoms with Crippen molar-refractivity contribution in [2.24, 2.45) is 5.92 Å². The Morgan fingerprint density at radius 3 is 3.00 bits per heavy atom. The van der Waals surface area contributed by atoms with Crippen LogP contribution in [-0.4, -0.2) is 31.6 Å². The van der Waals surface area contributed by atoms with Gasteiger partial charge in [0.1, 0.15) is 0 Å². The summed E-state index contributed by atoms with van der Waals surface area (Å²) >= 11 is 0. The van der Waals surface area contributed by atoms with Gasteiger partial charge in [0, 0.05) is 13.1 Å². The lowest BCUT2D eigenvalue weighted by Gasteiger charge is -2.27. The van der Waals surface area contributed by atoms with Crippen molar-refractivity contribution in [1.82, 2.24) is 10.2 Å². The SMILES string of the molecule is Cc1cccc(CN(C)C[C@H]2CCCNC2)c1. The normalized spacial score (nSPS) is 20.8. The lowest BCUT2D eigenvalue weighted by molar-refractivity contribution is 0.237. The summed E-state index contributed by atoms with van der Waals surface area (Å²) in [5, 5.41) is 3.49. The lowest BCUT2D eigenvalue weighted by atomic mass is 9.99. The summed E-state index contributed by atoms with van der Waals surface area (Å²) in [7, 11) is 2.23. The smallest absolute Gasteiger partial charge is 0.0230 e. The number of rotatable bonds is 4. The zero-order valence-electron chi connectivity index (χ0n) is 11.1. The van der Waals surface area contributed by atoms with Crippen LogP contribution in [0.2, 0.25) is 0 Å². The first-order valence-electron chi connectivity index (χ1n) is 6.69. The van der Waals surface area contributed by atoms with Gasteiger partial charge in [0.2, 0.25) is 0 Å². The van der Waals surface area contributed by atoms with Gasteiger partial charge >= 0.3 is 0 Å². The molecular formula is C15H24N2. The monoisotopic (exact) mass is 232 g/mol. The summed E-state index contributed by atoms with van der Waals surface area (Å²) < 4.78 is 0. The number of hydrogen-bond acceptors (Lipinski definition) is 2. The molecule has 0 amide bonds. The van der Waals surface area contributed by atoms with Gasteiger partial charge < -0.3 is 10.2 Å². The van der Waals surface area contributed by atoms with Crippen LogP contribution in [0.4, 0.5) is 0 Å². The molecular weight excluding hydrogens is 208 g/mol. The second-order valence-electron chi connectivity index (χ2n) is 5.40. The highest BCUT2D eigenvalue weighted by molar-refractivity contribution is 5.21. The molecule has 1 aromatic rings. The minimum atomic E-state index is 0.832. The van der Waals surface area contributed by atoms with Crippen LogP contribution in [0.5, 0.6) is 0 Å². The Kier molecular flexibility index (Phi) is 4.57. The fourth-order valence-electron chi connectivity index (χ4n) is 2.71. The lowest BCUT2D eigenvalue weighted by Crippen LogP contribution is -2.36. The summed E-state index contributed by atoms with van der Waals surface area (Å²) in [5.74, 6) is 0.832. The molecule has 17 heavy (non-hydrogen) atoms. The first-order valence-corrected chi connectivity index (χ1v) is 6.69. The predicted octanol–water partition coefficient (Wildman–Crippen LogP) is 2.43. The number of hydrogen-bond donors (Lipinski definition) is 1. The molecule has 1 aliphatic rings. The van der Waals surface area contributed by atoms with Crippen LogP contribution in [0, 0.1) is 12.8 Å². The van der Waals surface area contributed by atoms with Gasteiger partial charge in [-0.1, -0.05) is 29.8 Å². The first kappa shape index (κ1) is 12.6. The van der Waals surface area contributed by atoms with Gasteiger partial charge in [-0.15, -0.1) is 0 Å². The molecule has 1 aliphatic heterocycles. The van der Waals surface area contributed by atoms with E-state index in [4.69, 9.17) is 0 Å². The van der Waals surface area contributed by atoms with E-state index in [1.807, 2.05) is 0 Å². The van der Waals surface area contributed by atoms with Crippen LogP contribution >= 0.6 is 0 Å². The van der Waals surface area contributed by atoms with Crippen LogP contribution in [-0.2, 0) is 6.54 Å². The van der Waals surface area contributed by atoms with Crippen molar-refractivity contribution in [2.75, 3.05) is 26.7 Å². The van der Waals surface area contributed by atoms with E-state index in [1.54, 1.807) is 0 Å². The van der Waals surface area contributed by atoms with E-state index < -0.39 is 0 Å². The highest BCUT2D eigenvalue weighted by atomic mass is 15.1. The van der Waals surface area contributed by atoms with Crippen LogP contribution < -0.4 is 5.32 Å². The highest BCUT2D eigenvalue weighted by Gasteiger charge is 2.14. The molecule has 1 heterocycles. The van der Waals surface area contributed by atoms with Crippen molar-refractivity contribution in [3.05, 3.63) is 35.4 Å². The Morgan fingerprint density at radius 1 is 1.41 bits per heavy atom. The van der Waals surface area contributed by atoms with Crippen LogP contribution in [0.1, 0.15) is 24.0 Å². The second-order valence-corrected chi connectivity index (χ2v) is 5.40. The average Bonchev–Trinajstić information content (AvgIpc) is 2.30. The van der Waals surface area contributed by atoms with E-state index in [2.05, 4.69) is 48.5 Å². The van der Waals surface area contributed by atoms with Gasteiger partial charge in [-0.25, -0.2) is 0 Å². The van der Waals surface area contributed by atoms with E-state index in [0.29, 0.717) is 0 Å². The van der Waals surface area contributed by atoms with Crippen molar-refractivity contribution in [3.63, 3.8) is 0 Å². The van der Waals surface area contributed by atoms with Crippen LogP contribution in [0.15, 0.2) is 24.3 Å². The molecule has 2 rings (SSSR count). The molecule has 0 aliphatic carbocycles. The van der Waals surface area contributed by atoms with Crippen molar-refractivity contribution < 1.29 is 0 Å². The predicted molar refractivity (Wildman–Crippen MR) is 73.1 cm³/mol. The average molecular weight is 232 g/mol. The largest absolute Gasteiger partial charge is 0.316 e. The van der Waals surface area contributed by atoms with E-state index in [0.717, 1.165) is 12.5 Å². The molecule has 2 heteroatoms. The Balaban J connectivity index is 1.82. The van der Waals surface area contributed by atoms with Gasteiger partial charge in [0.05, 0.1) is 0 Å². The number of benzene rings is 1. The first-order chi connectivity index (χ1) is 8.24. The number of nitrogens with one attached hydrogen (secondary N) is 1. The van der Waals surface area contributed by atoms with E-state index >= 15 is 0 Å². The standard InChI is InChI=1S/C15H24N2/c1-13-5-3-6-14(9-13)11-17(2)12-15-7-4-8-16-10-15/h3,5-6,9,15-16H,4,7-8,10-12H2,1-2H3/t15-/m0/s1. The molecule has 1 saturated heterocycles. The third-order valence-corrected chi connectivity index (χ3v) is 3.50. The molecule has 2 nitrogen and oxygen atoms in total. The zero-order chi connectivity index (χ0) is 12.1. The maximum absolute atomic E-state index is 3.49. The Bertz CT molecular complexity index is 343. The van der Waals surface area contributed by atoms with Crippen molar-refractivity contribution in [3.8, 4) is 0 Å².